The van der Waals surface area contributed by atoms with Crippen LogP contribution in [0.4, 0.5) is 29.2 Å². The first-order chi connectivity index (χ1) is 58.7. The van der Waals surface area contributed by atoms with Crippen LogP contribution in [0.2, 0.25) is 0 Å². The van der Waals surface area contributed by atoms with Crippen molar-refractivity contribution in [1.82, 2.24) is 34.9 Å². The minimum absolute atomic E-state index is 0. The van der Waals surface area contributed by atoms with Crippen LogP contribution in [0, 0.1) is 100 Å². The van der Waals surface area contributed by atoms with Gasteiger partial charge in [-0.05, 0) is 154 Å². The largest absolute Gasteiger partial charge is 2.00 e. The maximum absolute atomic E-state index is 14.8. The Bertz CT molecular complexity index is 6370. The van der Waals surface area contributed by atoms with Crippen molar-refractivity contribution >= 4 is 11.6 Å². The van der Waals surface area contributed by atoms with Gasteiger partial charge in [-0.3, -0.25) is 37.5 Å². The number of fused-ring (bicyclic) bond motifs is 6. The van der Waals surface area contributed by atoms with Crippen LogP contribution >= 0.6 is 0 Å². The fraction of sp³-hybridized carbons (Fsp3) is 0.0648. The molecular weight excluding hydrogens is 2450 g/mol. The molecule has 0 saturated heterocycles. The molecule has 625 valence electrons. The average Bonchev–Trinajstić information content (AvgIpc) is 1.53. The second kappa shape index (κ2) is 43.8. The van der Waals surface area contributed by atoms with Gasteiger partial charge in [0.2, 0.25) is 0 Å². The molecule has 20 rings (SSSR count). The first-order valence-corrected chi connectivity index (χ1v) is 39.2. The van der Waals surface area contributed by atoms with E-state index in [9.17, 15) is 17.6 Å². The van der Waals surface area contributed by atoms with Gasteiger partial charge in [0.05, 0.1) is 17.4 Å². The summed E-state index contributed by atoms with van der Waals surface area (Å²) in [6.07, 6.45) is 3.73. The van der Waals surface area contributed by atoms with E-state index in [-0.39, 0.29) is 125 Å². The molecule has 3 radical (unpaired) electrons. The Hall–Kier alpha value is -11.7. The Morgan fingerprint density at radius 2 is 0.736 bits per heavy atom. The summed E-state index contributed by atoms with van der Waals surface area (Å²) in [4.78, 5) is 35.2. The first kappa shape index (κ1) is 94.0. The normalized spacial score (nSPS) is 11.3. The molecule has 0 atom stereocenters. The summed E-state index contributed by atoms with van der Waals surface area (Å²) >= 11 is 0. The number of halogens is 4. The number of hydrogen-bond donors (Lipinski definition) is 0. The zero-order valence-electron chi connectivity index (χ0n) is 67.9. The van der Waals surface area contributed by atoms with E-state index >= 15 is 0 Å². The molecule has 7 heterocycles. The van der Waals surface area contributed by atoms with Gasteiger partial charge in [-0.2, -0.15) is 0 Å². The van der Waals surface area contributed by atoms with Crippen molar-refractivity contribution in [2.24, 2.45) is 0 Å². The van der Waals surface area contributed by atoms with Crippen molar-refractivity contribution in [3.05, 3.63) is 485 Å². The van der Waals surface area contributed by atoms with E-state index in [4.69, 9.17) is 19.9 Å². The SMILES string of the molecule is Cc1cc[c-]c(-c2cc(C)ccn2)c1.Cc1cccc(-c2[c-]cccc2)n1.Cc1cnc(-c2[c-]cccc2)c(C)c1.Fc1c[c-]c(-c2cccc(N(c3cccc(-c4[c-]cc(F)cc4F)n3)C3c4ccccc4-c4ccccc43)n2)c(F)c1.[Ir].[Ir].[Ir].[Pt+2].[Pt+2].[c-]1ccccc1-c1cccc(C2(c3cccc(-c4[c-]cccc4)n3)c3ccccc3-c3ccccc32)n1. The van der Waals surface area contributed by atoms with E-state index in [1.807, 2.05) is 194 Å². The third-order valence-electron chi connectivity index (χ3n) is 20.6. The van der Waals surface area contributed by atoms with Crippen molar-refractivity contribution < 1.29 is 120 Å². The number of hydrogen-bond acceptors (Lipinski definition) is 8. The van der Waals surface area contributed by atoms with Gasteiger partial charge >= 0.3 is 42.1 Å². The molecule has 18 aromatic rings. The molecule has 0 saturated carbocycles. The summed E-state index contributed by atoms with van der Waals surface area (Å²) in [6.45, 7) is 10.3. The minimum atomic E-state index is -0.787. The Kier molecular flexibility index (Phi) is 32.9. The second-order valence-corrected chi connectivity index (χ2v) is 28.9. The van der Waals surface area contributed by atoms with E-state index in [0.29, 0.717) is 11.6 Å². The Labute approximate surface area is 796 Å². The van der Waals surface area contributed by atoms with Crippen LogP contribution in [0.5, 0.6) is 0 Å². The quantitative estimate of drug-likeness (QED) is 0.0882. The molecule has 0 spiro atoms. The number of nitrogens with zero attached hydrogens (tertiary/aromatic N) is 8. The fourth-order valence-electron chi connectivity index (χ4n) is 15.3. The van der Waals surface area contributed by atoms with E-state index in [0.717, 1.165) is 120 Å². The molecule has 2 aliphatic rings. The third kappa shape index (κ3) is 21.3. The van der Waals surface area contributed by atoms with E-state index < -0.39 is 34.7 Å². The predicted molar refractivity (Wildman–Crippen MR) is 470 cm³/mol. The van der Waals surface area contributed by atoms with Crippen LogP contribution in [0.25, 0.3) is 101 Å². The molecule has 0 fully saturated rings. The van der Waals surface area contributed by atoms with Crippen LogP contribution in [-0.2, 0) is 108 Å². The van der Waals surface area contributed by atoms with Crippen LogP contribution in [0.1, 0.15) is 67.6 Å². The maximum Gasteiger partial charge on any atom is 2.00 e. The van der Waals surface area contributed by atoms with Gasteiger partial charge in [-0.1, -0.05) is 211 Å². The summed E-state index contributed by atoms with van der Waals surface area (Å²) in [7, 11) is 0. The van der Waals surface area contributed by atoms with E-state index in [1.165, 1.54) is 44.5 Å². The Balaban J connectivity index is 0.000000164. The Morgan fingerprint density at radius 1 is 0.320 bits per heavy atom. The molecule has 2 aliphatic carbocycles. The number of rotatable bonds is 12. The zero-order chi connectivity index (χ0) is 82.5. The molecule has 0 bridgehead atoms. The van der Waals surface area contributed by atoms with Gasteiger partial charge < -0.3 is 19.9 Å². The molecule has 8 nitrogen and oxygen atoms in total. The Morgan fingerprint density at radius 3 is 1.18 bits per heavy atom. The van der Waals surface area contributed by atoms with E-state index in [2.05, 4.69) is 200 Å². The van der Waals surface area contributed by atoms with Crippen molar-refractivity contribution in [2.45, 2.75) is 46.1 Å². The van der Waals surface area contributed by atoms with Crippen LogP contribution in [0.15, 0.2) is 358 Å². The molecular formula is C108H75F4Ir3N8Pt2-3. The van der Waals surface area contributed by atoms with Crippen molar-refractivity contribution in [1.29, 1.82) is 0 Å². The topological polar surface area (TPSA) is 93.5 Å². The van der Waals surface area contributed by atoms with Crippen molar-refractivity contribution in [2.75, 3.05) is 4.90 Å². The van der Waals surface area contributed by atoms with Crippen LogP contribution in [0.3, 0.4) is 0 Å². The van der Waals surface area contributed by atoms with Crippen LogP contribution < -0.4 is 4.90 Å². The summed E-state index contributed by atoms with van der Waals surface area (Å²) in [6, 6.07) is 131. The summed E-state index contributed by atoms with van der Waals surface area (Å²) in [5.74, 6) is -2.20. The minimum Gasteiger partial charge on any atom is -0.305 e. The molecule has 0 amide bonds. The summed E-state index contributed by atoms with van der Waals surface area (Å²) in [5.41, 5.74) is 26.5. The molecule has 0 aliphatic heterocycles. The van der Waals surface area contributed by atoms with E-state index in [1.54, 1.807) is 36.4 Å². The van der Waals surface area contributed by atoms with Crippen LogP contribution in [-0.4, -0.2) is 34.9 Å². The monoisotopic (exact) mass is 2530 g/mol. The van der Waals surface area contributed by atoms with Gasteiger partial charge in [0.25, 0.3) is 0 Å². The van der Waals surface area contributed by atoms with Crippen molar-refractivity contribution in [3.8, 4) is 101 Å². The zero-order valence-corrected chi connectivity index (χ0v) is 79.6. The van der Waals surface area contributed by atoms with Gasteiger partial charge in [0.1, 0.15) is 17.1 Å². The first-order valence-electron chi connectivity index (χ1n) is 39.2. The smallest absolute Gasteiger partial charge is 0.305 e. The molecule has 125 heavy (non-hydrogen) atoms. The number of pyridine rings is 7. The van der Waals surface area contributed by atoms with Gasteiger partial charge in [0.15, 0.2) is 0 Å². The molecule has 0 unspecified atom stereocenters. The summed E-state index contributed by atoms with van der Waals surface area (Å²) in [5, 5.41) is 0. The molecule has 7 aromatic heterocycles. The number of anilines is 2. The third-order valence-corrected chi connectivity index (χ3v) is 20.6. The second-order valence-electron chi connectivity index (χ2n) is 28.9. The predicted octanol–water partition coefficient (Wildman–Crippen LogP) is 25.8. The fourth-order valence-corrected chi connectivity index (χ4v) is 15.3. The molecule has 17 heteroatoms. The molecule has 0 N–H and O–H groups in total. The maximum atomic E-state index is 14.8. The standard InChI is InChI=1S/C35H19F4N3.C35H22N2.2C13H12N.C12H10N.3Ir.2Pt/c36-21-15-17-27(29(38)19-21)31-11-5-13-33(40-31)42(34-14-6-12-32(41-34)28-18-16-22(37)20-30(28)39)35-25-9-3-1-7-23(25)24-8-2-4-10-26(24)35;1-3-13-25(14-4-1)31-21-11-23-33(36-31)35(34-24-12-22-32(37-34)26-15-5-2-6-16-26)29-19-9-7-17-27(29)28-18-8-10-20-30(28)35;1-10-4-3-5-12(8-10)13-9-11(2)6-7-14-13;1-10-8-11(2)13(14-9-10)12-6-4-3-5-7-12;1-10-6-5-9-12(13-10)11-7-3-2-4-8-11;;;;;/h1-16,19-20,35H;1-13,15,17-24H;3-4,6-9H,1-2H3;3-6,8-9H,1-2H3;2-7,9H,1H3;;;;;/q2*-2;3*-1;;;;2*+2. The number of aromatic nitrogens is 7. The van der Waals surface area contributed by atoms with Crippen molar-refractivity contribution in [3.63, 3.8) is 0 Å². The molecule has 11 aromatic carbocycles. The van der Waals surface area contributed by atoms with Gasteiger partial charge in [-0.25, -0.2) is 0 Å². The van der Waals surface area contributed by atoms with Gasteiger partial charge in [0, 0.05) is 102 Å². The average molecular weight is 2530 g/mol. The van der Waals surface area contributed by atoms with Gasteiger partial charge in [-0.15, -0.1) is 203 Å². The summed E-state index contributed by atoms with van der Waals surface area (Å²) < 4.78 is 56.9. The number of aryl methyl sites for hydroxylation is 5. The number of benzene rings is 11.